The molecule has 2 aromatic carbocycles. The molecule has 146 valence electrons. The lowest BCUT2D eigenvalue weighted by molar-refractivity contribution is 0.0949. The molecular formula is C22H20N4O3. The zero-order chi connectivity index (χ0) is 20.4. The number of rotatable bonds is 5. The monoisotopic (exact) mass is 388 g/mol. The first-order valence-corrected chi connectivity index (χ1v) is 9.40. The number of para-hydroxylation sites is 1. The summed E-state index contributed by atoms with van der Waals surface area (Å²) < 4.78 is 1.55. The van der Waals surface area contributed by atoms with E-state index in [2.05, 4.69) is 15.7 Å². The molecule has 2 amide bonds. The van der Waals surface area contributed by atoms with E-state index < -0.39 is 11.3 Å². The van der Waals surface area contributed by atoms with Gasteiger partial charge in [-0.25, -0.2) is 4.68 Å². The van der Waals surface area contributed by atoms with Crippen LogP contribution in [0.2, 0.25) is 0 Å². The van der Waals surface area contributed by atoms with Gasteiger partial charge in [0.05, 0.1) is 5.69 Å². The maximum atomic E-state index is 12.7. The highest BCUT2D eigenvalue weighted by Gasteiger charge is 2.24. The van der Waals surface area contributed by atoms with Crippen LogP contribution in [0.5, 0.6) is 0 Å². The van der Waals surface area contributed by atoms with Crippen molar-refractivity contribution >= 4 is 17.5 Å². The Hall–Kier alpha value is -3.74. The molecule has 1 aliphatic carbocycles. The van der Waals surface area contributed by atoms with Crippen LogP contribution in [0.25, 0.3) is 5.69 Å². The van der Waals surface area contributed by atoms with Crippen molar-refractivity contribution in [3.63, 3.8) is 0 Å². The number of hydrogen-bond acceptors (Lipinski definition) is 4. The van der Waals surface area contributed by atoms with Crippen molar-refractivity contribution in [3.05, 3.63) is 87.8 Å². The van der Waals surface area contributed by atoms with Crippen LogP contribution < -0.4 is 16.1 Å². The molecule has 1 aromatic heterocycles. The molecule has 0 saturated heterocycles. The Balaban J connectivity index is 1.59. The van der Waals surface area contributed by atoms with Crippen molar-refractivity contribution in [2.45, 2.75) is 25.8 Å². The van der Waals surface area contributed by atoms with Crippen LogP contribution in [-0.2, 0) is 0 Å². The molecule has 4 rings (SSSR count). The van der Waals surface area contributed by atoms with Crippen LogP contribution in [0.1, 0.15) is 39.4 Å². The summed E-state index contributed by atoms with van der Waals surface area (Å²) in [6, 6.07) is 17.5. The summed E-state index contributed by atoms with van der Waals surface area (Å²) in [5.74, 6) is -0.803. The van der Waals surface area contributed by atoms with E-state index in [9.17, 15) is 14.4 Å². The fourth-order valence-electron chi connectivity index (χ4n) is 2.96. The lowest BCUT2D eigenvalue weighted by atomic mass is 10.2. The van der Waals surface area contributed by atoms with Crippen molar-refractivity contribution in [2.75, 3.05) is 5.32 Å². The fourth-order valence-corrected chi connectivity index (χ4v) is 2.96. The SMILES string of the molecule is Cc1cc(=O)c(C(=O)Nc2cccc(C(=O)NC3CC3)c2)nn1-c1ccccc1. The summed E-state index contributed by atoms with van der Waals surface area (Å²) >= 11 is 0. The zero-order valence-electron chi connectivity index (χ0n) is 15.9. The summed E-state index contributed by atoms with van der Waals surface area (Å²) in [5, 5.41) is 9.83. The Morgan fingerprint density at radius 3 is 2.48 bits per heavy atom. The molecule has 0 aliphatic heterocycles. The second-order valence-corrected chi connectivity index (χ2v) is 7.03. The molecule has 2 N–H and O–H groups in total. The third-order valence-corrected chi connectivity index (χ3v) is 4.62. The van der Waals surface area contributed by atoms with Gasteiger partial charge in [-0.1, -0.05) is 24.3 Å². The number of aryl methyl sites for hydroxylation is 1. The molecule has 0 atom stereocenters. The Kier molecular flexibility index (Phi) is 4.95. The first kappa shape index (κ1) is 18.6. The molecule has 29 heavy (non-hydrogen) atoms. The molecule has 7 heteroatoms. The molecular weight excluding hydrogens is 368 g/mol. The zero-order valence-corrected chi connectivity index (χ0v) is 15.9. The average Bonchev–Trinajstić information content (AvgIpc) is 3.53. The summed E-state index contributed by atoms with van der Waals surface area (Å²) in [4.78, 5) is 37.3. The van der Waals surface area contributed by atoms with Crippen molar-refractivity contribution in [1.29, 1.82) is 0 Å². The van der Waals surface area contributed by atoms with E-state index in [0.717, 1.165) is 18.5 Å². The molecule has 0 radical (unpaired) electrons. The molecule has 1 heterocycles. The normalized spacial score (nSPS) is 13.0. The minimum Gasteiger partial charge on any atom is -0.349 e. The number of nitrogens with zero attached hydrogens (tertiary/aromatic N) is 2. The van der Waals surface area contributed by atoms with E-state index in [1.165, 1.54) is 6.07 Å². The quantitative estimate of drug-likeness (QED) is 0.703. The van der Waals surface area contributed by atoms with E-state index in [0.29, 0.717) is 16.9 Å². The van der Waals surface area contributed by atoms with E-state index in [4.69, 9.17) is 0 Å². The van der Waals surface area contributed by atoms with E-state index in [1.807, 2.05) is 30.3 Å². The van der Waals surface area contributed by atoms with Gasteiger partial charge in [0.25, 0.3) is 11.8 Å². The van der Waals surface area contributed by atoms with E-state index in [-0.39, 0.29) is 17.6 Å². The second-order valence-electron chi connectivity index (χ2n) is 7.03. The van der Waals surface area contributed by atoms with Crippen molar-refractivity contribution in [3.8, 4) is 5.69 Å². The molecule has 7 nitrogen and oxygen atoms in total. The van der Waals surface area contributed by atoms with Crippen LogP contribution in [-0.4, -0.2) is 27.6 Å². The van der Waals surface area contributed by atoms with Gasteiger partial charge in [-0.3, -0.25) is 14.4 Å². The van der Waals surface area contributed by atoms with Gasteiger partial charge in [-0.05, 0) is 50.1 Å². The summed E-state index contributed by atoms with van der Waals surface area (Å²) in [6.07, 6.45) is 1.99. The van der Waals surface area contributed by atoms with Gasteiger partial charge < -0.3 is 10.6 Å². The van der Waals surface area contributed by atoms with Crippen molar-refractivity contribution in [1.82, 2.24) is 15.1 Å². The van der Waals surface area contributed by atoms with E-state index in [1.54, 1.807) is 35.9 Å². The Morgan fingerprint density at radius 1 is 1.00 bits per heavy atom. The van der Waals surface area contributed by atoms with Crippen LogP contribution in [0, 0.1) is 6.92 Å². The number of hydrogen-bond donors (Lipinski definition) is 2. The van der Waals surface area contributed by atoms with Gasteiger partial charge in [-0.15, -0.1) is 0 Å². The topological polar surface area (TPSA) is 93.1 Å². The average molecular weight is 388 g/mol. The molecule has 3 aromatic rings. The second kappa shape index (κ2) is 7.71. The van der Waals surface area contributed by atoms with Gasteiger partial charge >= 0.3 is 0 Å². The number of amides is 2. The molecule has 0 bridgehead atoms. The van der Waals surface area contributed by atoms with Crippen LogP contribution in [0.4, 0.5) is 5.69 Å². The van der Waals surface area contributed by atoms with Gasteiger partial charge in [0.1, 0.15) is 0 Å². The van der Waals surface area contributed by atoms with Crippen LogP contribution in [0.3, 0.4) is 0 Å². The standard InChI is InChI=1S/C22H20N4O3/c1-14-12-19(27)20(25-26(14)18-8-3-2-4-9-18)22(29)24-17-7-5-6-15(13-17)21(28)23-16-10-11-16/h2-9,12-13,16H,10-11H2,1H3,(H,23,28)(H,24,29). The summed E-state index contributed by atoms with van der Waals surface area (Å²) in [5.41, 5.74) is 1.57. The predicted octanol–water partition coefficient (Wildman–Crippen LogP) is 2.69. The third-order valence-electron chi connectivity index (χ3n) is 4.62. The Labute approximate surface area is 167 Å². The number of nitrogens with one attached hydrogen (secondary N) is 2. The van der Waals surface area contributed by atoms with Gasteiger partial charge in [0.2, 0.25) is 5.43 Å². The van der Waals surface area contributed by atoms with Gasteiger partial charge in [-0.2, -0.15) is 5.10 Å². The number of carbonyl (C=O) groups is 2. The number of carbonyl (C=O) groups excluding carboxylic acids is 2. The molecule has 1 saturated carbocycles. The lowest BCUT2D eigenvalue weighted by Gasteiger charge is -2.11. The molecule has 0 unspecified atom stereocenters. The minimum atomic E-state index is -0.626. The maximum absolute atomic E-state index is 12.7. The highest BCUT2D eigenvalue weighted by atomic mass is 16.2. The maximum Gasteiger partial charge on any atom is 0.280 e. The highest BCUT2D eigenvalue weighted by molar-refractivity contribution is 6.03. The number of benzene rings is 2. The van der Waals surface area contributed by atoms with Crippen molar-refractivity contribution in [2.24, 2.45) is 0 Å². The largest absolute Gasteiger partial charge is 0.349 e. The summed E-state index contributed by atoms with van der Waals surface area (Å²) in [6.45, 7) is 1.75. The first-order chi connectivity index (χ1) is 14.0. The Bertz CT molecular complexity index is 1130. The number of aromatic nitrogens is 2. The summed E-state index contributed by atoms with van der Waals surface area (Å²) in [7, 11) is 0. The minimum absolute atomic E-state index is 0.177. The number of anilines is 1. The predicted molar refractivity (Wildman–Crippen MR) is 109 cm³/mol. The Morgan fingerprint density at radius 2 is 1.76 bits per heavy atom. The van der Waals surface area contributed by atoms with Gasteiger partial charge in [0, 0.05) is 29.1 Å². The third kappa shape index (κ3) is 4.24. The van der Waals surface area contributed by atoms with Crippen LogP contribution >= 0.6 is 0 Å². The molecule has 0 spiro atoms. The highest BCUT2D eigenvalue weighted by Crippen LogP contribution is 2.20. The van der Waals surface area contributed by atoms with E-state index >= 15 is 0 Å². The molecule has 1 aliphatic rings. The van der Waals surface area contributed by atoms with Gasteiger partial charge in [0.15, 0.2) is 5.69 Å². The fraction of sp³-hybridized carbons (Fsp3) is 0.182. The molecule has 1 fully saturated rings. The van der Waals surface area contributed by atoms with Crippen LogP contribution in [0.15, 0.2) is 65.5 Å². The lowest BCUT2D eigenvalue weighted by Crippen LogP contribution is -2.27. The first-order valence-electron chi connectivity index (χ1n) is 9.40. The van der Waals surface area contributed by atoms with Crippen molar-refractivity contribution < 1.29 is 9.59 Å². The smallest absolute Gasteiger partial charge is 0.280 e.